The van der Waals surface area contributed by atoms with Crippen molar-refractivity contribution < 1.29 is 27.2 Å². The maximum Gasteiger partial charge on any atom is 0.417 e. The van der Waals surface area contributed by atoms with Crippen LogP contribution in [0.5, 0.6) is 0 Å². The second-order valence-electron chi connectivity index (χ2n) is 9.95. The number of benzene rings is 3. The SMILES string of the molecule is COCCCN1C(=O)c2cccc3c(NC(=O)C4CCCCN4S(=O)(=O)c4ccc5[nH]c(=O)oc5c4)ccc1c23. The van der Waals surface area contributed by atoms with E-state index in [0.29, 0.717) is 61.0 Å². The number of methoxy groups -OCH3 is 1. The molecule has 0 radical (unpaired) electrons. The van der Waals surface area contributed by atoms with Crippen LogP contribution in [0.3, 0.4) is 0 Å². The van der Waals surface area contributed by atoms with E-state index >= 15 is 0 Å². The Labute approximate surface area is 229 Å². The van der Waals surface area contributed by atoms with Crippen molar-refractivity contribution in [2.24, 2.45) is 0 Å². The number of carbonyl (C=O) groups is 2. The Morgan fingerprint density at radius 3 is 2.83 bits per heavy atom. The van der Waals surface area contributed by atoms with E-state index in [4.69, 9.17) is 9.15 Å². The molecule has 2 aliphatic heterocycles. The van der Waals surface area contributed by atoms with E-state index in [9.17, 15) is 22.8 Å². The first-order chi connectivity index (χ1) is 19.3. The first-order valence-electron chi connectivity index (χ1n) is 13.1. The van der Waals surface area contributed by atoms with E-state index < -0.39 is 27.7 Å². The van der Waals surface area contributed by atoms with Crippen LogP contribution in [-0.4, -0.2) is 62.4 Å². The van der Waals surface area contributed by atoms with Crippen molar-refractivity contribution in [3.8, 4) is 0 Å². The van der Waals surface area contributed by atoms with E-state index in [2.05, 4.69) is 10.3 Å². The third kappa shape index (κ3) is 4.37. The molecule has 12 heteroatoms. The first-order valence-corrected chi connectivity index (χ1v) is 14.6. The molecule has 2 amide bonds. The number of rotatable bonds is 8. The third-order valence-electron chi connectivity index (χ3n) is 7.53. The topological polar surface area (TPSA) is 142 Å². The van der Waals surface area contributed by atoms with Gasteiger partial charge in [0, 0.05) is 54.9 Å². The smallest absolute Gasteiger partial charge is 0.408 e. The monoisotopic (exact) mass is 564 g/mol. The van der Waals surface area contributed by atoms with Crippen molar-refractivity contribution in [3.63, 3.8) is 0 Å². The molecule has 3 heterocycles. The number of nitrogens with zero attached hydrogens (tertiary/aromatic N) is 2. The third-order valence-corrected chi connectivity index (χ3v) is 9.43. The molecule has 1 fully saturated rings. The van der Waals surface area contributed by atoms with E-state index in [0.717, 1.165) is 11.1 Å². The van der Waals surface area contributed by atoms with Gasteiger partial charge in [-0.05, 0) is 49.6 Å². The van der Waals surface area contributed by atoms with E-state index in [1.807, 2.05) is 12.1 Å². The predicted octanol–water partition coefficient (Wildman–Crippen LogP) is 3.45. The van der Waals surface area contributed by atoms with Crippen LogP contribution in [-0.2, 0) is 19.6 Å². The van der Waals surface area contributed by atoms with Crippen LogP contribution in [0.15, 0.2) is 62.6 Å². The molecule has 0 aliphatic carbocycles. The van der Waals surface area contributed by atoms with Gasteiger partial charge in [-0.1, -0.05) is 18.6 Å². The summed E-state index contributed by atoms with van der Waals surface area (Å²) in [5.41, 5.74) is 2.37. The van der Waals surface area contributed by atoms with Gasteiger partial charge in [0.05, 0.1) is 16.1 Å². The van der Waals surface area contributed by atoms with Crippen molar-refractivity contribution in [1.29, 1.82) is 0 Å². The summed E-state index contributed by atoms with van der Waals surface area (Å²) in [6.45, 7) is 1.23. The molecular weight excluding hydrogens is 536 g/mol. The van der Waals surface area contributed by atoms with Crippen LogP contribution in [0.2, 0.25) is 0 Å². The van der Waals surface area contributed by atoms with Crippen LogP contribution in [0.25, 0.3) is 21.9 Å². The Bertz CT molecular complexity index is 1810. The number of fused-ring (bicyclic) bond motifs is 1. The summed E-state index contributed by atoms with van der Waals surface area (Å²) in [5, 5.41) is 4.42. The van der Waals surface area contributed by atoms with Crippen molar-refractivity contribution in [3.05, 3.63) is 64.6 Å². The number of oxazole rings is 1. The van der Waals surface area contributed by atoms with Gasteiger partial charge in [-0.25, -0.2) is 13.2 Å². The minimum absolute atomic E-state index is 0.0557. The summed E-state index contributed by atoms with van der Waals surface area (Å²) in [6, 6.07) is 12.2. The molecule has 1 unspecified atom stereocenters. The Kier molecular flexibility index (Phi) is 6.69. The standard InChI is InChI=1S/C28H28N4O7S/c1-38-15-5-13-31-22-12-11-20(18-6-4-7-19(25(18)22)27(31)34)29-26(33)23-8-2-3-14-32(23)40(36,37)17-9-10-21-24(16-17)39-28(35)30-21/h4,6-7,9-12,16,23H,2-3,5,8,13-15H2,1H3,(H,29,33)(H,30,35). The average Bonchev–Trinajstić information content (AvgIpc) is 3.47. The molecule has 11 nitrogen and oxygen atoms in total. The van der Waals surface area contributed by atoms with Gasteiger partial charge < -0.3 is 19.4 Å². The molecule has 0 spiro atoms. The zero-order chi connectivity index (χ0) is 28.0. The van der Waals surface area contributed by atoms with Crippen LogP contribution in [0.1, 0.15) is 36.0 Å². The van der Waals surface area contributed by atoms with Gasteiger partial charge in [-0.3, -0.25) is 14.6 Å². The van der Waals surface area contributed by atoms with Gasteiger partial charge in [0.15, 0.2) is 5.58 Å². The second-order valence-corrected chi connectivity index (χ2v) is 11.8. The Balaban J connectivity index is 1.30. The number of hydrogen-bond donors (Lipinski definition) is 2. The highest BCUT2D eigenvalue weighted by atomic mass is 32.2. The maximum atomic E-state index is 13.7. The number of aromatic amines is 1. The van der Waals surface area contributed by atoms with E-state index in [-0.39, 0.29) is 22.9 Å². The molecule has 6 rings (SSSR count). The first kappa shape index (κ1) is 26.2. The van der Waals surface area contributed by atoms with Crippen LogP contribution >= 0.6 is 0 Å². The lowest BCUT2D eigenvalue weighted by Gasteiger charge is -2.33. The minimum Gasteiger partial charge on any atom is -0.408 e. The summed E-state index contributed by atoms with van der Waals surface area (Å²) >= 11 is 0. The van der Waals surface area contributed by atoms with Crippen LogP contribution in [0, 0.1) is 0 Å². The summed E-state index contributed by atoms with van der Waals surface area (Å²) in [7, 11) is -2.45. The van der Waals surface area contributed by atoms with Crippen molar-refractivity contribution >= 4 is 55.1 Å². The minimum atomic E-state index is -4.07. The second kappa shape index (κ2) is 10.2. The van der Waals surface area contributed by atoms with Crippen molar-refractivity contribution in [1.82, 2.24) is 9.29 Å². The number of amides is 2. The van der Waals surface area contributed by atoms with Gasteiger partial charge >= 0.3 is 5.76 Å². The quantitative estimate of drug-likeness (QED) is 0.312. The Morgan fingerprint density at radius 2 is 2.00 bits per heavy atom. The molecule has 1 atom stereocenters. The summed E-state index contributed by atoms with van der Waals surface area (Å²) in [5.74, 6) is -1.22. The largest absolute Gasteiger partial charge is 0.417 e. The predicted molar refractivity (Wildman–Crippen MR) is 149 cm³/mol. The highest BCUT2D eigenvalue weighted by Gasteiger charge is 2.38. The molecule has 3 aromatic carbocycles. The lowest BCUT2D eigenvalue weighted by Crippen LogP contribution is -2.49. The number of carbonyl (C=O) groups excluding carboxylic acids is 2. The fourth-order valence-corrected chi connectivity index (χ4v) is 7.31. The van der Waals surface area contributed by atoms with E-state index in [1.54, 1.807) is 30.2 Å². The average molecular weight is 565 g/mol. The van der Waals surface area contributed by atoms with Crippen LogP contribution < -0.4 is 16.0 Å². The summed E-state index contributed by atoms with van der Waals surface area (Å²) < 4.78 is 38.7. The van der Waals surface area contributed by atoms with Crippen molar-refractivity contribution in [2.45, 2.75) is 36.6 Å². The molecule has 1 saturated heterocycles. The zero-order valence-electron chi connectivity index (χ0n) is 21.8. The number of aromatic nitrogens is 1. The number of ether oxygens (including phenoxy) is 1. The van der Waals surface area contributed by atoms with Gasteiger partial charge in [0.25, 0.3) is 5.91 Å². The summed E-state index contributed by atoms with van der Waals surface area (Å²) in [6.07, 6.45) is 2.36. The maximum absolute atomic E-state index is 13.7. The fraction of sp³-hybridized carbons (Fsp3) is 0.321. The number of nitrogens with one attached hydrogen (secondary N) is 2. The number of H-pyrrole nitrogens is 1. The van der Waals surface area contributed by atoms with Crippen LogP contribution in [0.4, 0.5) is 11.4 Å². The van der Waals surface area contributed by atoms with Gasteiger partial charge in [-0.2, -0.15) is 4.31 Å². The van der Waals surface area contributed by atoms with Crippen molar-refractivity contribution in [2.75, 3.05) is 37.0 Å². The molecule has 208 valence electrons. The molecule has 2 aliphatic rings. The number of anilines is 2. The Hall–Kier alpha value is -4.00. The molecule has 1 aromatic heterocycles. The highest BCUT2D eigenvalue weighted by molar-refractivity contribution is 7.89. The molecule has 0 saturated carbocycles. The zero-order valence-corrected chi connectivity index (χ0v) is 22.6. The summed E-state index contributed by atoms with van der Waals surface area (Å²) in [4.78, 5) is 42.5. The number of hydrogen-bond acceptors (Lipinski definition) is 7. The fourth-order valence-electron chi connectivity index (χ4n) is 5.64. The van der Waals surface area contributed by atoms with Gasteiger partial charge in [0.1, 0.15) is 6.04 Å². The molecular formula is C28H28N4O7S. The highest BCUT2D eigenvalue weighted by Crippen LogP contribution is 2.41. The number of piperidine rings is 1. The van der Waals surface area contributed by atoms with E-state index in [1.165, 1.54) is 22.5 Å². The normalized spacial score (nSPS) is 17.7. The van der Waals surface area contributed by atoms with Gasteiger partial charge in [-0.15, -0.1) is 0 Å². The molecule has 2 N–H and O–H groups in total. The number of sulfonamides is 1. The molecule has 0 bridgehead atoms. The molecule has 4 aromatic rings. The Morgan fingerprint density at radius 1 is 1.15 bits per heavy atom. The lowest BCUT2D eigenvalue weighted by atomic mass is 10.0. The molecule has 40 heavy (non-hydrogen) atoms. The van der Waals surface area contributed by atoms with Gasteiger partial charge in [0.2, 0.25) is 15.9 Å². The lowest BCUT2D eigenvalue weighted by molar-refractivity contribution is -0.120.